The standard InChI is InChI=1S/C12H19NO4/c1-5-17-12-6-9(8-13-16-4)10(14-2)7-11(12)15-3/h6-7,13H,5,8H2,1-4H3. The lowest BCUT2D eigenvalue weighted by molar-refractivity contribution is 0.0860. The van der Waals surface area contributed by atoms with Gasteiger partial charge < -0.3 is 19.0 Å². The number of rotatable bonds is 7. The molecule has 0 aromatic heterocycles. The third kappa shape index (κ3) is 3.51. The molecule has 1 aromatic carbocycles. The molecular formula is C12H19NO4. The van der Waals surface area contributed by atoms with Crippen molar-refractivity contribution in [1.29, 1.82) is 0 Å². The highest BCUT2D eigenvalue weighted by molar-refractivity contribution is 5.50. The summed E-state index contributed by atoms with van der Waals surface area (Å²) in [4.78, 5) is 4.82. The van der Waals surface area contributed by atoms with Gasteiger partial charge in [-0.2, -0.15) is 5.48 Å². The highest BCUT2D eigenvalue weighted by atomic mass is 16.6. The molecule has 0 radical (unpaired) electrons. The van der Waals surface area contributed by atoms with Crippen LogP contribution in [0.3, 0.4) is 0 Å². The van der Waals surface area contributed by atoms with Crippen LogP contribution in [-0.4, -0.2) is 27.9 Å². The Morgan fingerprint density at radius 3 is 2.24 bits per heavy atom. The van der Waals surface area contributed by atoms with Crippen molar-refractivity contribution in [1.82, 2.24) is 5.48 Å². The molecule has 0 spiro atoms. The molecule has 0 amide bonds. The van der Waals surface area contributed by atoms with Crippen LogP contribution in [0.4, 0.5) is 0 Å². The molecule has 1 N–H and O–H groups in total. The van der Waals surface area contributed by atoms with Gasteiger partial charge in [-0.3, -0.25) is 0 Å². The fraction of sp³-hybridized carbons (Fsp3) is 0.500. The number of methoxy groups -OCH3 is 2. The van der Waals surface area contributed by atoms with Crippen LogP contribution < -0.4 is 19.7 Å². The predicted molar refractivity (Wildman–Crippen MR) is 64.6 cm³/mol. The summed E-state index contributed by atoms with van der Waals surface area (Å²) in [5.41, 5.74) is 3.71. The van der Waals surface area contributed by atoms with E-state index >= 15 is 0 Å². The highest BCUT2D eigenvalue weighted by Gasteiger charge is 2.11. The smallest absolute Gasteiger partial charge is 0.164 e. The Morgan fingerprint density at radius 2 is 1.71 bits per heavy atom. The quantitative estimate of drug-likeness (QED) is 0.737. The third-order valence-corrected chi connectivity index (χ3v) is 2.27. The zero-order valence-electron chi connectivity index (χ0n) is 10.7. The van der Waals surface area contributed by atoms with Crippen LogP contribution in [0.25, 0.3) is 0 Å². The number of nitrogens with one attached hydrogen (secondary N) is 1. The molecule has 1 rings (SSSR count). The van der Waals surface area contributed by atoms with Crippen molar-refractivity contribution < 1.29 is 19.0 Å². The van der Waals surface area contributed by atoms with Gasteiger partial charge in [0.2, 0.25) is 0 Å². The molecule has 5 nitrogen and oxygen atoms in total. The van der Waals surface area contributed by atoms with E-state index in [2.05, 4.69) is 5.48 Å². The Labute approximate surface area is 102 Å². The molecule has 0 heterocycles. The van der Waals surface area contributed by atoms with E-state index in [0.29, 0.717) is 24.7 Å². The first-order valence-electron chi connectivity index (χ1n) is 5.40. The molecule has 1 aromatic rings. The molecule has 0 saturated carbocycles. The molecule has 0 saturated heterocycles. The summed E-state index contributed by atoms with van der Waals surface area (Å²) < 4.78 is 16.0. The van der Waals surface area contributed by atoms with Gasteiger partial charge in [-0.1, -0.05) is 0 Å². The van der Waals surface area contributed by atoms with E-state index in [1.54, 1.807) is 27.4 Å². The van der Waals surface area contributed by atoms with E-state index in [1.807, 2.05) is 13.0 Å². The van der Waals surface area contributed by atoms with Gasteiger partial charge in [0.25, 0.3) is 0 Å². The van der Waals surface area contributed by atoms with Gasteiger partial charge in [0.15, 0.2) is 11.5 Å². The normalized spacial score (nSPS) is 10.1. The lowest BCUT2D eigenvalue weighted by Crippen LogP contribution is -2.12. The summed E-state index contributed by atoms with van der Waals surface area (Å²) in [5.74, 6) is 2.09. The molecule has 0 atom stereocenters. The van der Waals surface area contributed by atoms with E-state index in [9.17, 15) is 0 Å². The average molecular weight is 241 g/mol. The fourth-order valence-electron chi connectivity index (χ4n) is 1.49. The molecule has 0 bridgehead atoms. The Bertz CT molecular complexity index is 355. The van der Waals surface area contributed by atoms with E-state index in [-0.39, 0.29) is 0 Å². The van der Waals surface area contributed by atoms with E-state index in [1.165, 1.54) is 0 Å². The van der Waals surface area contributed by atoms with Crippen LogP contribution in [0.1, 0.15) is 12.5 Å². The van der Waals surface area contributed by atoms with Crippen molar-refractivity contribution in [2.24, 2.45) is 0 Å². The van der Waals surface area contributed by atoms with E-state index < -0.39 is 0 Å². The number of ether oxygens (including phenoxy) is 3. The van der Waals surface area contributed by atoms with Crippen molar-refractivity contribution in [2.45, 2.75) is 13.5 Å². The van der Waals surface area contributed by atoms with Gasteiger partial charge >= 0.3 is 0 Å². The van der Waals surface area contributed by atoms with Crippen LogP contribution in [-0.2, 0) is 11.4 Å². The molecule has 96 valence electrons. The summed E-state index contributed by atoms with van der Waals surface area (Å²) >= 11 is 0. The van der Waals surface area contributed by atoms with Crippen LogP contribution in [0.15, 0.2) is 12.1 Å². The SMILES string of the molecule is CCOc1cc(CNOC)c(OC)cc1OC. The first kappa shape index (κ1) is 13.6. The summed E-state index contributed by atoms with van der Waals surface area (Å²) in [6.45, 7) is 3.04. The predicted octanol–water partition coefficient (Wildman–Crippen LogP) is 1.75. The number of hydrogen-bond acceptors (Lipinski definition) is 5. The fourth-order valence-corrected chi connectivity index (χ4v) is 1.49. The summed E-state index contributed by atoms with van der Waals surface area (Å²) in [7, 11) is 4.79. The minimum absolute atomic E-state index is 0.531. The lowest BCUT2D eigenvalue weighted by atomic mass is 10.1. The monoisotopic (exact) mass is 241 g/mol. The largest absolute Gasteiger partial charge is 0.496 e. The molecule has 17 heavy (non-hydrogen) atoms. The second-order valence-corrected chi connectivity index (χ2v) is 3.27. The highest BCUT2D eigenvalue weighted by Crippen LogP contribution is 2.34. The van der Waals surface area contributed by atoms with Gasteiger partial charge in [-0.15, -0.1) is 0 Å². The van der Waals surface area contributed by atoms with Gasteiger partial charge in [-0.05, 0) is 13.0 Å². The van der Waals surface area contributed by atoms with Crippen LogP contribution >= 0.6 is 0 Å². The Hall–Kier alpha value is -1.46. The van der Waals surface area contributed by atoms with Crippen molar-refractivity contribution in [3.63, 3.8) is 0 Å². The van der Waals surface area contributed by atoms with Crippen LogP contribution in [0.5, 0.6) is 17.2 Å². The maximum Gasteiger partial charge on any atom is 0.164 e. The summed E-state index contributed by atoms with van der Waals surface area (Å²) in [6, 6.07) is 3.69. The average Bonchev–Trinajstić information content (AvgIpc) is 2.36. The zero-order chi connectivity index (χ0) is 12.7. The molecular weight excluding hydrogens is 222 g/mol. The molecule has 0 unspecified atom stereocenters. The lowest BCUT2D eigenvalue weighted by Gasteiger charge is -2.14. The maximum absolute atomic E-state index is 5.50. The number of hydroxylamine groups is 1. The Kier molecular flexibility index (Phi) is 5.59. The summed E-state index contributed by atoms with van der Waals surface area (Å²) in [6.07, 6.45) is 0. The van der Waals surface area contributed by atoms with Gasteiger partial charge in [-0.25, -0.2) is 0 Å². The van der Waals surface area contributed by atoms with Gasteiger partial charge in [0.1, 0.15) is 5.75 Å². The number of benzene rings is 1. The first-order valence-corrected chi connectivity index (χ1v) is 5.40. The summed E-state index contributed by atoms with van der Waals surface area (Å²) in [5, 5.41) is 0. The number of hydrogen-bond donors (Lipinski definition) is 1. The second-order valence-electron chi connectivity index (χ2n) is 3.27. The molecule has 0 aliphatic rings. The minimum Gasteiger partial charge on any atom is -0.496 e. The van der Waals surface area contributed by atoms with Crippen molar-refractivity contribution in [3.05, 3.63) is 17.7 Å². The van der Waals surface area contributed by atoms with Crippen molar-refractivity contribution in [3.8, 4) is 17.2 Å². The van der Waals surface area contributed by atoms with Crippen molar-refractivity contribution in [2.75, 3.05) is 27.9 Å². The van der Waals surface area contributed by atoms with Crippen LogP contribution in [0, 0.1) is 0 Å². The molecule has 5 heteroatoms. The first-order chi connectivity index (χ1) is 8.26. The van der Waals surface area contributed by atoms with E-state index in [4.69, 9.17) is 19.0 Å². The third-order valence-electron chi connectivity index (χ3n) is 2.27. The van der Waals surface area contributed by atoms with Gasteiger partial charge in [0.05, 0.1) is 27.9 Å². The minimum atomic E-state index is 0.531. The Balaban J connectivity index is 3.04. The van der Waals surface area contributed by atoms with Crippen molar-refractivity contribution >= 4 is 0 Å². The van der Waals surface area contributed by atoms with Gasteiger partial charge in [0, 0.05) is 18.2 Å². The van der Waals surface area contributed by atoms with Crippen LogP contribution in [0.2, 0.25) is 0 Å². The Morgan fingerprint density at radius 1 is 1.00 bits per heavy atom. The zero-order valence-corrected chi connectivity index (χ0v) is 10.7. The molecule has 0 aliphatic heterocycles. The molecule has 0 fully saturated rings. The van der Waals surface area contributed by atoms with E-state index in [0.717, 1.165) is 11.3 Å². The second kappa shape index (κ2) is 6.98. The maximum atomic E-state index is 5.50. The molecule has 0 aliphatic carbocycles. The topological polar surface area (TPSA) is 49.0 Å².